The van der Waals surface area contributed by atoms with Gasteiger partial charge in [-0.05, 0) is 13.0 Å². The van der Waals surface area contributed by atoms with E-state index in [1.165, 1.54) is 26.2 Å². The lowest BCUT2D eigenvalue weighted by Crippen LogP contribution is -3.20. The predicted octanol–water partition coefficient (Wildman–Crippen LogP) is -0.880. The molecule has 0 bridgehead atoms. The van der Waals surface area contributed by atoms with Crippen LogP contribution in [0.1, 0.15) is 17.9 Å². The van der Waals surface area contributed by atoms with Crippen LogP contribution in [-0.4, -0.2) is 62.4 Å². The molecule has 2 saturated heterocycles. The first kappa shape index (κ1) is 16.6. The molecule has 2 fully saturated rings. The summed E-state index contributed by atoms with van der Waals surface area (Å²) in [6.07, 6.45) is 0. The lowest BCUT2D eigenvalue weighted by atomic mass is 10.1. The molecule has 0 aromatic heterocycles. The summed E-state index contributed by atoms with van der Waals surface area (Å²) < 4.78 is 5.51. The van der Waals surface area contributed by atoms with E-state index in [1.807, 2.05) is 25.1 Å². The van der Waals surface area contributed by atoms with E-state index in [-0.39, 0.29) is 16.5 Å². The summed E-state index contributed by atoms with van der Waals surface area (Å²) >= 11 is 1.73. The molecule has 5 nitrogen and oxygen atoms in total. The molecule has 3 rings (SSSR count). The first-order chi connectivity index (χ1) is 11.2. The van der Waals surface area contributed by atoms with Crippen molar-refractivity contribution in [3.05, 3.63) is 29.8 Å². The van der Waals surface area contributed by atoms with Gasteiger partial charge >= 0.3 is 0 Å². The number of hydrogen-bond acceptors (Lipinski definition) is 3. The Labute approximate surface area is 142 Å². The maximum atomic E-state index is 12.6. The molecular weight excluding hydrogens is 310 g/mol. The molecular formula is C17H27N3O2S+2. The highest BCUT2D eigenvalue weighted by Crippen LogP contribution is 2.45. The topological polar surface area (TPSA) is 50.6 Å². The van der Waals surface area contributed by atoms with Crippen molar-refractivity contribution in [2.75, 3.05) is 46.4 Å². The number of hydrogen-bond donors (Lipinski definition) is 2. The standard InChI is InChI=1S/C17H25N3O2S/c1-13-16(21)20(12-11-19-9-7-18-8-10-19)17(23-13)14-5-3-4-6-15(14)22-2/h3-6,13,17-18H,7-12H2,1-2H3/p+2/t13-,17-/m0/s1. The van der Waals surface area contributed by atoms with Gasteiger partial charge in [-0.2, -0.15) is 0 Å². The Hall–Kier alpha value is -1.24. The Morgan fingerprint density at radius 2 is 2.09 bits per heavy atom. The van der Waals surface area contributed by atoms with E-state index in [2.05, 4.69) is 16.3 Å². The van der Waals surface area contributed by atoms with Crippen molar-refractivity contribution < 1.29 is 19.7 Å². The van der Waals surface area contributed by atoms with Crippen LogP contribution in [0.3, 0.4) is 0 Å². The van der Waals surface area contributed by atoms with Crippen LogP contribution in [0.2, 0.25) is 0 Å². The second-order valence-corrected chi connectivity index (χ2v) is 7.70. The van der Waals surface area contributed by atoms with Gasteiger partial charge in [0.25, 0.3) is 0 Å². The van der Waals surface area contributed by atoms with E-state index >= 15 is 0 Å². The van der Waals surface area contributed by atoms with Gasteiger partial charge in [-0.15, -0.1) is 11.8 Å². The lowest BCUT2D eigenvalue weighted by molar-refractivity contribution is -0.946. The second kappa shape index (κ2) is 7.55. The highest BCUT2D eigenvalue weighted by atomic mass is 32.2. The number of carbonyl (C=O) groups excluding carboxylic acids is 1. The number of carbonyl (C=O) groups is 1. The minimum Gasteiger partial charge on any atom is -0.496 e. The molecule has 2 atom stereocenters. The Morgan fingerprint density at radius 1 is 1.35 bits per heavy atom. The van der Waals surface area contributed by atoms with Crippen molar-refractivity contribution in [1.29, 1.82) is 0 Å². The zero-order chi connectivity index (χ0) is 16.2. The summed E-state index contributed by atoms with van der Waals surface area (Å²) in [6, 6.07) is 8.06. The molecule has 23 heavy (non-hydrogen) atoms. The normalized spacial score (nSPS) is 25.8. The molecule has 2 aliphatic rings. The lowest BCUT2D eigenvalue weighted by Gasteiger charge is -2.28. The van der Waals surface area contributed by atoms with Gasteiger partial charge in [0.05, 0.1) is 25.4 Å². The van der Waals surface area contributed by atoms with Crippen LogP contribution in [0.4, 0.5) is 0 Å². The number of piperazine rings is 1. The summed E-state index contributed by atoms with van der Waals surface area (Å²) in [5.74, 6) is 1.13. The molecule has 2 heterocycles. The predicted molar refractivity (Wildman–Crippen MR) is 91.7 cm³/mol. The van der Waals surface area contributed by atoms with E-state index in [1.54, 1.807) is 23.8 Å². The first-order valence-corrected chi connectivity index (χ1v) is 9.39. The zero-order valence-electron chi connectivity index (χ0n) is 14.0. The van der Waals surface area contributed by atoms with Gasteiger partial charge in [0.15, 0.2) is 0 Å². The third-order valence-electron chi connectivity index (χ3n) is 4.76. The first-order valence-electron chi connectivity index (χ1n) is 8.45. The summed E-state index contributed by atoms with van der Waals surface area (Å²) in [4.78, 5) is 16.3. The highest BCUT2D eigenvalue weighted by molar-refractivity contribution is 8.01. The van der Waals surface area contributed by atoms with Crippen LogP contribution in [0.5, 0.6) is 5.75 Å². The monoisotopic (exact) mass is 337 g/mol. The average molecular weight is 337 g/mol. The molecule has 1 aromatic carbocycles. The van der Waals surface area contributed by atoms with Crippen molar-refractivity contribution in [1.82, 2.24) is 4.90 Å². The smallest absolute Gasteiger partial charge is 0.236 e. The van der Waals surface area contributed by atoms with Crippen LogP contribution in [0.25, 0.3) is 0 Å². The summed E-state index contributed by atoms with van der Waals surface area (Å²) in [5.41, 5.74) is 1.11. The largest absolute Gasteiger partial charge is 0.496 e. The van der Waals surface area contributed by atoms with E-state index in [0.29, 0.717) is 0 Å². The second-order valence-electron chi connectivity index (χ2n) is 6.27. The number of amides is 1. The number of nitrogens with zero attached hydrogens (tertiary/aromatic N) is 1. The fourth-order valence-electron chi connectivity index (χ4n) is 3.42. The van der Waals surface area contributed by atoms with E-state index in [4.69, 9.17) is 4.74 Å². The van der Waals surface area contributed by atoms with Crippen LogP contribution in [-0.2, 0) is 4.79 Å². The molecule has 126 valence electrons. The number of nitrogens with two attached hydrogens (primary N) is 1. The molecule has 6 heteroatoms. The minimum atomic E-state index is 0.0228. The number of para-hydroxylation sites is 1. The zero-order valence-corrected chi connectivity index (χ0v) is 14.8. The molecule has 1 amide bonds. The SMILES string of the molecule is COc1ccccc1[C@@H]1S[C@@H](C)C(=O)N1CC[NH+]1CC[NH2+]CC1. The number of methoxy groups -OCH3 is 1. The molecule has 0 saturated carbocycles. The van der Waals surface area contributed by atoms with Gasteiger partial charge < -0.3 is 19.9 Å². The summed E-state index contributed by atoms with van der Waals surface area (Å²) in [5, 5.41) is 2.47. The minimum absolute atomic E-state index is 0.0228. The van der Waals surface area contributed by atoms with Gasteiger partial charge in [0, 0.05) is 5.56 Å². The van der Waals surface area contributed by atoms with E-state index in [9.17, 15) is 4.79 Å². The van der Waals surface area contributed by atoms with Crippen LogP contribution in [0, 0.1) is 0 Å². The molecule has 0 spiro atoms. The Bertz CT molecular complexity index is 548. The molecule has 0 aliphatic carbocycles. The van der Waals surface area contributed by atoms with Crippen molar-refractivity contribution >= 4 is 17.7 Å². The summed E-state index contributed by atoms with van der Waals surface area (Å²) in [7, 11) is 1.70. The number of benzene rings is 1. The van der Waals surface area contributed by atoms with Crippen molar-refractivity contribution in [3.63, 3.8) is 0 Å². The fraction of sp³-hybridized carbons (Fsp3) is 0.588. The van der Waals surface area contributed by atoms with Crippen LogP contribution < -0.4 is 15.0 Å². The van der Waals surface area contributed by atoms with E-state index in [0.717, 1.165) is 24.4 Å². The van der Waals surface area contributed by atoms with Crippen LogP contribution >= 0.6 is 11.8 Å². The van der Waals surface area contributed by atoms with Gasteiger partial charge in [0.1, 0.15) is 37.3 Å². The van der Waals surface area contributed by atoms with Gasteiger partial charge in [-0.1, -0.05) is 18.2 Å². The molecule has 1 aromatic rings. The van der Waals surface area contributed by atoms with Gasteiger partial charge in [0.2, 0.25) is 5.91 Å². The maximum Gasteiger partial charge on any atom is 0.236 e. The van der Waals surface area contributed by atoms with Crippen molar-refractivity contribution in [2.24, 2.45) is 0 Å². The Balaban J connectivity index is 1.73. The molecule has 3 N–H and O–H groups in total. The fourth-order valence-corrected chi connectivity index (χ4v) is 4.76. The molecule has 0 radical (unpaired) electrons. The van der Waals surface area contributed by atoms with Gasteiger partial charge in [-0.3, -0.25) is 4.79 Å². The Morgan fingerprint density at radius 3 is 2.83 bits per heavy atom. The van der Waals surface area contributed by atoms with Crippen molar-refractivity contribution in [2.45, 2.75) is 17.5 Å². The molecule has 2 aliphatic heterocycles. The maximum absolute atomic E-state index is 12.6. The third-order valence-corrected chi connectivity index (χ3v) is 6.14. The number of thioether (sulfide) groups is 1. The van der Waals surface area contributed by atoms with E-state index < -0.39 is 0 Å². The highest BCUT2D eigenvalue weighted by Gasteiger charge is 2.40. The number of nitrogens with one attached hydrogen (secondary N) is 1. The number of quaternary nitrogens is 2. The van der Waals surface area contributed by atoms with Gasteiger partial charge in [-0.25, -0.2) is 0 Å². The quantitative estimate of drug-likeness (QED) is 0.734. The van der Waals surface area contributed by atoms with Crippen molar-refractivity contribution in [3.8, 4) is 5.75 Å². The molecule has 0 unspecified atom stereocenters. The number of rotatable bonds is 5. The Kier molecular flexibility index (Phi) is 5.46. The summed E-state index contributed by atoms with van der Waals surface area (Å²) in [6.45, 7) is 8.67. The van der Waals surface area contributed by atoms with Crippen LogP contribution in [0.15, 0.2) is 24.3 Å². The average Bonchev–Trinajstić information content (AvgIpc) is 2.88. The number of ether oxygens (including phenoxy) is 1. The third kappa shape index (κ3) is 3.65.